The third-order valence-corrected chi connectivity index (χ3v) is 13.4. The predicted octanol–water partition coefficient (Wildman–Crippen LogP) is 13.4. The van der Waals surface area contributed by atoms with Crippen molar-refractivity contribution in [1.82, 2.24) is 4.57 Å². The topological polar surface area (TPSA) is 43.3 Å². The van der Waals surface area contributed by atoms with Crippen molar-refractivity contribution in [3.8, 4) is 11.1 Å². The van der Waals surface area contributed by atoms with Gasteiger partial charge in [0, 0.05) is 37.5 Å². The van der Waals surface area contributed by atoms with Gasteiger partial charge in [-0.15, -0.1) is 11.3 Å². The van der Waals surface area contributed by atoms with Gasteiger partial charge in [0.15, 0.2) is 0 Å². The molecule has 1 atom stereocenters. The molecule has 2 aromatic heterocycles. The lowest BCUT2D eigenvalue weighted by Crippen LogP contribution is -2.36. The number of aliphatic imine (C=N–C) groups is 1. The van der Waals surface area contributed by atoms with Crippen LogP contribution < -0.4 is 5.73 Å². The first-order valence-electron chi connectivity index (χ1n) is 19.7. The number of hydrogen-bond acceptors (Lipinski definition) is 2. The molecule has 0 amide bonds. The van der Waals surface area contributed by atoms with Crippen LogP contribution in [0.2, 0.25) is 0 Å². The minimum absolute atomic E-state index is 0.0366. The Morgan fingerprint density at radius 1 is 0.614 bits per heavy atom. The first-order chi connectivity index (χ1) is 28.1. The quantitative estimate of drug-likeness (QED) is 0.133. The van der Waals surface area contributed by atoms with E-state index in [2.05, 4.69) is 200 Å². The van der Waals surface area contributed by atoms with E-state index in [1.165, 1.54) is 76.0 Å². The Morgan fingerprint density at radius 3 is 2.02 bits per heavy atom. The van der Waals surface area contributed by atoms with Gasteiger partial charge in [-0.25, -0.2) is 4.99 Å². The van der Waals surface area contributed by atoms with Crippen molar-refractivity contribution >= 4 is 64.8 Å². The standard InChI is InChI=1S/C53H39N3S/c1-34(56-46-29-14-12-25-41(46)44-31-35-17-8-9-18-36(35)32-47(44)56)49-42-26-13-15-30-48(42)57-52(49)55-51(54)43-27-16-28-45-50(43)40-24-11-10-19-37(40)33-53(45,38-20-4-2-5-21-38)39-22-6-3-7-23-39/h2-32,34H,33H2,1H3,(H2,54,55). The fraction of sp³-hybridized carbons (Fsp3) is 0.0755. The Morgan fingerprint density at radius 2 is 1.25 bits per heavy atom. The number of nitrogens with two attached hydrogens (primary N) is 1. The van der Waals surface area contributed by atoms with E-state index in [9.17, 15) is 0 Å². The molecule has 3 nitrogen and oxygen atoms in total. The lowest BCUT2D eigenvalue weighted by atomic mass is 9.60. The Balaban J connectivity index is 1.14. The highest BCUT2D eigenvalue weighted by Crippen LogP contribution is 2.52. The number of nitrogens with zero attached hydrogens (tertiary/aromatic N) is 2. The van der Waals surface area contributed by atoms with Crippen molar-refractivity contribution in [3.63, 3.8) is 0 Å². The van der Waals surface area contributed by atoms with Crippen molar-refractivity contribution in [3.05, 3.63) is 221 Å². The molecule has 11 rings (SSSR count). The normalized spacial score (nSPS) is 14.2. The SMILES string of the molecule is CC(c1c(N=C(N)c2cccc3c2-c2ccccc2CC3(c2ccccc2)c2ccccc2)sc2ccccc12)n1c2ccccc2c2cc3ccccc3cc21. The number of benzene rings is 8. The van der Waals surface area contributed by atoms with E-state index < -0.39 is 5.41 Å². The lowest BCUT2D eigenvalue weighted by Gasteiger charge is -2.42. The van der Waals surface area contributed by atoms with Gasteiger partial charge in [0.05, 0.1) is 11.6 Å². The molecule has 8 aromatic carbocycles. The summed E-state index contributed by atoms with van der Waals surface area (Å²) in [5.74, 6) is 0.520. The maximum atomic E-state index is 7.38. The first kappa shape index (κ1) is 33.6. The van der Waals surface area contributed by atoms with Gasteiger partial charge in [0.25, 0.3) is 0 Å². The van der Waals surface area contributed by atoms with E-state index in [1.54, 1.807) is 11.3 Å². The summed E-state index contributed by atoms with van der Waals surface area (Å²) in [5, 5.41) is 7.14. The van der Waals surface area contributed by atoms with Crippen LogP contribution in [0.25, 0.3) is 53.8 Å². The van der Waals surface area contributed by atoms with Crippen molar-refractivity contribution in [2.75, 3.05) is 0 Å². The summed E-state index contributed by atoms with van der Waals surface area (Å²) in [7, 11) is 0. The molecule has 0 saturated carbocycles. The van der Waals surface area contributed by atoms with Crippen LogP contribution in [0.4, 0.5) is 5.00 Å². The monoisotopic (exact) mass is 749 g/mol. The van der Waals surface area contributed by atoms with E-state index in [0.717, 1.165) is 22.5 Å². The molecule has 10 aromatic rings. The number of fused-ring (bicyclic) bond motifs is 8. The van der Waals surface area contributed by atoms with Crippen molar-refractivity contribution in [2.24, 2.45) is 10.7 Å². The molecule has 4 heteroatoms. The molecule has 0 saturated heterocycles. The Labute approximate surface area is 336 Å². The Kier molecular flexibility index (Phi) is 7.77. The molecule has 1 aliphatic carbocycles. The van der Waals surface area contributed by atoms with Gasteiger partial charge < -0.3 is 10.3 Å². The molecule has 0 spiro atoms. The molecule has 1 unspecified atom stereocenters. The number of aromatic nitrogens is 1. The van der Waals surface area contributed by atoms with E-state index in [4.69, 9.17) is 10.7 Å². The zero-order valence-corrected chi connectivity index (χ0v) is 32.4. The average molecular weight is 750 g/mol. The van der Waals surface area contributed by atoms with E-state index >= 15 is 0 Å². The Hall–Kier alpha value is -6.75. The first-order valence-corrected chi connectivity index (χ1v) is 20.5. The summed E-state index contributed by atoms with van der Waals surface area (Å²) in [6.45, 7) is 2.32. The van der Waals surface area contributed by atoms with E-state index in [1.807, 2.05) is 0 Å². The van der Waals surface area contributed by atoms with Gasteiger partial charge in [0.2, 0.25) is 0 Å². The summed E-state index contributed by atoms with van der Waals surface area (Å²) in [6.07, 6.45) is 0.844. The lowest BCUT2D eigenvalue weighted by molar-refractivity contribution is 0.606. The van der Waals surface area contributed by atoms with Crippen molar-refractivity contribution in [1.29, 1.82) is 0 Å². The largest absolute Gasteiger partial charge is 0.383 e. The minimum Gasteiger partial charge on any atom is -0.383 e. The number of thiophene rings is 1. The summed E-state index contributed by atoms with van der Waals surface area (Å²) in [5.41, 5.74) is 19.0. The van der Waals surface area contributed by atoms with Gasteiger partial charge in [-0.2, -0.15) is 0 Å². The third-order valence-electron chi connectivity index (χ3n) is 12.3. The fourth-order valence-electron chi connectivity index (χ4n) is 9.78. The second kappa shape index (κ2) is 13.2. The second-order valence-corrected chi connectivity index (χ2v) is 16.3. The molecular weight excluding hydrogens is 711 g/mol. The van der Waals surface area contributed by atoms with Gasteiger partial charge >= 0.3 is 0 Å². The van der Waals surface area contributed by atoms with Crippen LogP contribution in [0.15, 0.2) is 193 Å². The van der Waals surface area contributed by atoms with Crippen LogP contribution in [0.1, 0.15) is 46.3 Å². The highest BCUT2D eigenvalue weighted by atomic mass is 32.1. The van der Waals surface area contributed by atoms with Crippen LogP contribution in [-0.2, 0) is 11.8 Å². The molecule has 0 radical (unpaired) electrons. The minimum atomic E-state index is -0.416. The maximum absolute atomic E-state index is 7.38. The van der Waals surface area contributed by atoms with Gasteiger partial charge in [-0.05, 0) is 87.1 Å². The average Bonchev–Trinajstić information content (AvgIpc) is 3.80. The summed E-state index contributed by atoms with van der Waals surface area (Å²) >= 11 is 1.72. The smallest absolute Gasteiger partial charge is 0.132 e. The zero-order chi connectivity index (χ0) is 38.1. The van der Waals surface area contributed by atoms with Crippen LogP contribution in [0, 0.1) is 0 Å². The molecule has 0 fully saturated rings. The summed E-state index contributed by atoms with van der Waals surface area (Å²) in [6, 6.07) is 68.2. The molecule has 2 heterocycles. The third kappa shape index (κ3) is 5.14. The van der Waals surface area contributed by atoms with Crippen molar-refractivity contribution < 1.29 is 0 Å². The molecule has 2 N–H and O–H groups in total. The van der Waals surface area contributed by atoms with Crippen molar-refractivity contribution in [2.45, 2.75) is 24.8 Å². The zero-order valence-electron chi connectivity index (χ0n) is 31.6. The predicted molar refractivity (Wildman–Crippen MR) is 241 cm³/mol. The number of para-hydroxylation sites is 1. The molecule has 0 bridgehead atoms. The fourth-order valence-corrected chi connectivity index (χ4v) is 11.0. The van der Waals surface area contributed by atoms with Crippen LogP contribution in [0.3, 0.4) is 0 Å². The maximum Gasteiger partial charge on any atom is 0.132 e. The van der Waals surface area contributed by atoms with Gasteiger partial charge in [-0.1, -0.05) is 164 Å². The molecule has 57 heavy (non-hydrogen) atoms. The van der Waals surface area contributed by atoms with E-state index in [-0.39, 0.29) is 6.04 Å². The summed E-state index contributed by atoms with van der Waals surface area (Å²) < 4.78 is 3.71. The summed E-state index contributed by atoms with van der Waals surface area (Å²) in [4.78, 5) is 5.48. The molecule has 1 aliphatic rings. The van der Waals surface area contributed by atoms with Gasteiger partial charge in [0.1, 0.15) is 10.8 Å². The number of amidine groups is 1. The molecular formula is C53H39N3S. The van der Waals surface area contributed by atoms with Gasteiger partial charge in [-0.3, -0.25) is 0 Å². The molecule has 0 aliphatic heterocycles. The number of hydrogen-bond donors (Lipinski definition) is 1. The molecule has 272 valence electrons. The van der Waals surface area contributed by atoms with E-state index in [0.29, 0.717) is 5.84 Å². The van der Waals surface area contributed by atoms with Crippen LogP contribution in [0.5, 0.6) is 0 Å². The second-order valence-electron chi connectivity index (χ2n) is 15.3. The number of rotatable bonds is 6. The Bertz CT molecular complexity index is 3150. The van der Waals surface area contributed by atoms with Crippen LogP contribution in [-0.4, -0.2) is 10.4 Å². The highest BCUT2D eigenvalue weighted by Gasteiger charge is 2.43. The van der Waals surface area contributed by atoms with Crippen LogP contribution >= 0.6 is 11.3 Å². The highest BCUT2D eigenvalue weighted by molar-refractivity contribution is 7.22.